The molecule has 0 aromatic heterocycles. The monoisotopic (exact) mass is 357 g/mol. The molecule has 1 aliphatic heterocycles. The second-order valence-electron chi connectivity index (χ2n) is 6.47. The standard InChI is InChI=1S/C20H24ClN3O/c1-15-5-3-6-17(13-15)23-9-11-24(12-10-23)20(25)14-22-19-8-4-7-18(21)16(19)2/h3-8,13,22H,9-12,14H2,1-2H3. The molecule has 1 fully saturated rings. The summed E-state index contributed by atoms with van der Waals surface area (Å²) in [5.41, 5.74) is 4.39. The first kappa shape index (κ1) is 17.6. The average molecular weight is 358 g/mol. The first-order valence-corrected chi connectivity index (χ1v) is 9.01. The average Bonchev–Trinajstić information content (AvgIpc) is 2.63. The van der Waals surface area contributed by atoms with Gasteiger partial charge in [0, 0.05) is 42.6 Å². The molecule has 4 nitrogen and oxygen atoms in total. The van der Waals surface area contributed by atoms with Gasteiger partial charge >= 0.3 is 0 Å². The number of piperazine rings is 1. The number of benzene rings is 2. The maximum Gasteiger partial charge on any atom is 0.241 e. The number of nitrogens with zero attached hydrogens (tertiary/aromatic N) is 2. The van der Waals surface area contributed by atoms with Gasteiger partial charge in [0.05, 0.1) is 6.54 Å². The lowest BCUT2D eigenvalue weighted by Gasteiger charge is -2.36. The van der Waals surface area contributed by atoms with Gasteiger partial charge in [0.2, 0.25) is 5.91 Å². The van der Waals surface area contributed by atoms with Gasteiger partial charge in [-0.15, -0.1) is 0 Å². The Balaban J connectivity index is 1.52. The third kappa shape index (κ3) is 4.26. The predicted molar refractivity (Wildman–Crippen MR) is 105 cm³/mol. The number of nitrogens with one attached hydrogen (secondary N) is 1. The van der Waals surface area contributed by atoms with Gasteiger partial charge in [-0.25, -0.2) is 0 Å². The largest absolute Gasteiger partial charge is 0.376 e. The molecule has 1 saturated heterocycles. The quantitative estimate of drug-likeness (QED) is 0.905. The van der Waals surface area contributed by atoms with Crippen molar-refractivity contribution >= 4 is 28.9 Å². The number of hydrogen-bond donors (Lipinski definition) is 1. The summed E-state index contributed by atoms with van der Waals surface area (Å²) in [5.74, 6) is 0.128. The molecule has 0 bridgehead atoms. The maximum atomic E-state index is 12.5. The summed E-state index contributed by atoms with van der Waals surface area (Å²) in [5, 5.41) is 3.92. The Morgan fingerprint density at radius 1 is 1.08 bits per heavy atom. The first-order chi connectivity index (χ1) is 12.0. The molecule has 0 spiro atoms. The van der Waals surface area contributed by atoms with Crippen LogP contribution in [0.5, 0.6) is 0 Å². The zero-order chi connectivity index (χ0) is 17.8. The van der Waals surface area contributed by atoms with Crippen molar-refractivity contribution in [1.29, 1.82) is 0 Å². The minimum Gasteiger partial charge on any atom is -0.376 e. The lowest BCUT2D eigenvalue weighted by molar-refractivity contribution is -0.129. The third-order valence-corrected chi connectivity index (χ3v) is 5.11. The Bertz CT molecular complexity index is 754. The van der Waals surface area contributed by atoms with E-state index in [1.807, 2.05) is 30.0 Å². The maximum absolute atomic E-state index is 12.5. The second kappa shape index (κ2) is 7.79. The fourth-order valence-corrected chi connectivity index (χ4v) is 3.29. The van der Waals surface area contributed by atoms with Crippen LogP contribution in [0.15, 0.2) is 42.5 Å². The molecular formula is C20H24ClN3O. The lowest BCUT2D eigenvalue weighted by Crippen LogP contribution is -2.50. The van der Waals surface area contributed by atoms with Crippen LogP contribution in [-0.2, 0) is 4.79 Å². The van der Waals surface area contributed by atoms with Crippen molar-refractivity contribution in [3.63, 3.8) is 0 Å². The highest BCUT2D eigenvalue weighted by Crippen LogP contribution is 2.23. The SMILES string of the molecule is Cc1cccc(N2CCN(C(=O)CNc3cccc(Cl)c3C)CC2)c1. The molecule has 0 aliphatic carbocycles. The van der Waals surface area contributed by atoms with Crippen molar-refractivity contribution in [3.05, 3.63) is 58.6 Å². The molecule has 25 heavy (non-hydrogen) atoms. The van der Waals surface area contributed by atoms with Gasteiger partial charge < -0.3 is 15.1 Å². The molecule has 2 aromatic rings. The Kier molecular flexibility index (Phi) is 5.49. The summed E-state index contributed by atoms with van der Waals surface area (Å²) in [7, 11) is 0. The van der Waals surface area contributed by atoms with E-state index in [0.717, 1.165) is 37.4 Å². The van der Waals surface area contributed by atoms with Crippen molar-refractivity contribution in [2.75, 3.05) is 42.9 Å². The van der Waals surface area contributed by atoms with E-state index in [0.29, 0.717) is 11.6 Å². The first-order valence-electron chi connectivity index (χ1n) is 8.63. The molecule has 1 aliphatic rings. The van der Waals surface area contributed by atoms with Crippen LogP contribution in [0, 0.1) is 13.8 Å². The molecule has 1 N–H and O–H groups in total. The number of anilines is 2. The number of carbonyl (C=O) groups is 1. The number of aryl methyl sites for hydroxylation is 1. The third-order valence-electron chi connectivity index (χ3n) is 4.70. The zero-order valence-electron chi connectivity index (χ0n) is 14.8. The van der Waals surface area contributed by atoms with Crippen molar-refractivity contribution < 1.29 is 4.79 Å². The van der Waals surface area contributed by atoms with Crippen LogP contribution in [0.3, 0.4) is 0 Å². The number of halogens is 1. The smallest absolute Gasteiger partial charge is 0.241 e. The molecule has 0 saturated carbocycles. The minimum atomic E-state index is 0.128. The van der Waals surface area contributed by atoms with Crippen LogP contribution in [-0.4, -0.2) is 43.5 Å². The summed E-state index contributed by atoms with van der Waals surface area (Å²) in [6.45, 7) is 7.59. The van der Waals surface area contributed by atoms with E-state index in [1.54, 1.807) is 0 Å². The normalized spacial score (nSPS) is 14.5. The molecule has 0 unspecified atom stereocenters. The van der Waals surface area contributed by atoms with Crippen molar-refractivity contribution in [1.82, 2.24) is 4.90 Å². The predicted octanol–water partition coefficient (Wildman–Crippen LogP) is 3.72. The van der Waals surface area contributed by atoms with Crippen LogP contribution in [0.25, 0.3) is 0 Å². The Labute approximate surface area is 154 Å². The van der Waals surface area contributed by atoms with Gasteiger partial charge in [-0.2, -0.15) is 0 Å². The molecule has 0 atom stereocenters. The molecule has 5 heteroatoms. The molecule has 132 valence electrons. The number of amides is 1. The molecular weight excluding hydrogens is 334 g/mol. The molecule has 3 rings (SSSR count). The van der Waals surface area contributed by atoms with E-state index in [9.17, 15) is 4.79 Å². The highest BCUT2D eigenvalue weighted by Gasteiger charge is 2.21. The van der Waals surface area contributed by atoms with E-state index in [-0.39, 0.29) is 5.91 Å². The lowest BCUT2D eigenvalue weighted by atomic mass is 10.2. The van der Waals surface area contributed by atoms with E-state index in [2.05, 4.69) is 41.4 Å². The number of hydrogen-bond acceptors (Lipinski definition) is 3. The fraction of sp³-hybridized carbons (Fsp3) is 0.350. The van der Waals surface area contributed by atoms with Gasteiger partial charge in [0.15, 0.2) is 0 Å². The topological polar surface area (TPSA) is 35.6 Å². The van der Waals surface area contributed by atoms with Crippen LogP contribution in [0.2, 0.25) is 5.02 Å². The highest BCUT2D eigenvalue weighted by atomic mass is 35.5. The summed E-state index contributed by atoms with van der Waals surface area (Å²) in [6, 6.07) is 14.2. The molecule has 1 heterocycles. The number of rotatable bonds is 4. The van der Waals surface area contributed by atoms with Crippen LogP contribution < -0.4 is 10.2 Å². The van der Waals surface area contributed by atoms with Crippen molar-refractivity contribution in [2.45, 2.75) is 13.8 Å². The van der Waals surface area contributed by atoms with Crippen LogP contribution >= 0.6 is 11.6 Å². The van der Waals surface area contributed by atoms with E-state index in [1.165, 1.54) is 11.3 Å². The summed E-state index contributed by atoms with van der Waals surface area (Å²) < 4.78 is 0. The fourth-order valence-electron chi connectivity index (χ4n) is 3.12. The molecule has 1 amide bonds. The highest BCUT2D eigenvalue weighted by molar-refractivity contribution is 6.31. The van der Waals surface area contributed by atoms with Crippen molar-refractivity contribution in [2.24, 2.45) is 0 Å². The van der Waals surface area contributed by atoms with Gasteiger partial charge in [-0.1, -0.05) is 29.8 Å². The molecule has 0 radical (unpaired) electrons. The Morgan fingerprint density at radius 3 is 2.52 bits per heavy atom. The van der Waals surface area contributed by atoms with E-state index >= 15 is 0 Å². The van der Waals surface area contributed by atoms with E-state index in [4.69, 9.17) is 11.6 Å². The summed E-state index contributed by atoms with van der Waals surface area (Å²) >= 11 is 6.12. The Hall–Kier alpha value is -2.20. The summed E-state index contributed by atoms with van der Waals surface area (Å²) in [6.07, 6.45) is 0. The summed E-state index contributed by atoms with van der Waals surface area (Å²) in [4.78, 5) is 16.7. The van der Waals surface area contributed by atoms with Gasteiger partial charge in [-0.3, -0.25) is 4.79 Å². The van der Waals surface area contributed by atoms with Crippen molar-refractivity contribution in [3.8, 4) is 0 Å². The van der Waals surface area contributed by atoms with E-state index < -0.39 is 0 Å². The minimum absolute atomic E-state index is 0.128. The van der Waals surface area contributed by atoms with Crippen LogP contribution in [0.1, 0.15) is 11.1 Å². The Morgan fingerprint density at radius 2 is 1.80 bits per heavy atom. The van der Waals surface area contributed by atoms with Crippen LogP contribution in [0.4, 0.5) is 11.4 Å². The molecule has 2 aromatic carbocycles. The second-order valence-corrected chi connectivity index (χ2v) is 6.88. The number of carbonyl (C=O) groups excluding carboxylic acids is 1. The van der Waals surface area contributed by atoms with Gasteiger partial charge in [0.1, 0.15) is 0 Å². The zero-order valence-corrected chi connectivity index (χ0v) is 15.5. The van der Waals surface area contributed by atoms with Gasteiger partial charge in [0.25, 0.3) is 0 Å². The van der Waals surface area contributed by atoms with Gasteiger partial charge in [-0.05, 0) is 49.2 Å².